The Hall–Kier alpha value is -2.81. The van der Waals surface area contributed by atoms with Crippen molar-refractivity contribution in [2.24, 2.45) is 0 Å². The molecule has 3 rings (SSSR count). The van der Waals surface area contributed by atoms with E-state index < -0.39 is 28.3 Å². The predicted octanol–water partition coefficient (Wildman–Crippen LogP) is 5.59. The average molecular weight is 511 g/mol. The van der Waals surface area contributed by atoms with Crippen LogP contribution in [-0.2, 0) is 14.8 Å². The van der Waals surface area contributed by atoms with Gasteiger partial charge in [0.05, 0.1) is 17.8 Å². The second kappa shape index (κ2) is 9.99. The highest BCUT2D eigenvalue weighted by atomic mass is 35.5. The molecule has 0 saturated heterocycles. The number of carbonyl (C=O) groups is 1. The van der Waals surface area contributed by atoms with Crippen LogP contribution >= 0.6 is 23.2 Å². The highest BCUT2D eigenvalue weighted by molar-refractivity contribution is 7.93. The van der Waals surface area contributed by atoms with Gasteiger partial charge in [0.15, 0.2) is 0 Å². The zero-order valence-corrected chi connectivity index (χ0v) is 20.4. The minimum Gasteiger partial charge on any atom is -0.495 e. The largest absolute Gasteiger partial charge is 0.495 e. The van der Waals surface area contributed by atoms with Gasteiger partial charge in [-0.3, -0.25) is 9.10 Å². The molecule has 10 heteroatoms. The number of rotatable bonds is 7. The van der Waals surface area contributed by atoms with Crippen molar-refractivity contribution in [2.75, 3.05) is 23.3 Å². The first-order valence-corrected chi connectivity index (χ1v) is 11.9. The molecular weight excluding hydrogens is 490 g/mol. The second-order valence-electron chi connectivity index (χ2n) is 7.28. The van der Waals surface area contributed by atoms with Crippen LogP contribution in [0.5, 0.6) is 5.75 Å². The Morgan fingerprint density at radius 2 is 1.76 bits per heavy atom. The second-order valence-corrected chi connectivity index (χ2v) is 9.92. The van der Waals surface area contributed by atoms with E-state index >= 15 is 0 Å². The van der Waals surface area contributed by atoms with Crippen LogP contribution in [0.2, 0.25) is 10.0 Å². The molecule has 174 valence electrons. The number of methoxy groups -OCH3 is 1. The van der Waals surface area contributed by atoms with Crippen LogP contribution in [0, 0.1) is 19.7 Å². The molecule has 3 aromatic rings. The molecule has 0 aliphatic carbocycles. The lowest BCUT2D eigenvalue weighted by molar-refractivity contribution is -0.114. The van der Waals surface area contributed by atoms with E-state index in [0.717, 1.165) is 15.9 Å². The number of amides is 1. The number of hydrogen-bond acceptors (Lipinski definition) is 4. The van der Waals surface area contributed by atoms with Crippen LogP contribution in [0.3, 0.4) is 0 Å². The highest BCUT2D eigenvalue weighted by Gasteiger charge is 2.30. The van der Waals surface area contributed by atoms with Crippen molar-refractivity contribution in [3.8, 4) is 5.75 Å². The number of aryl methyl sites for hydroxylation is 2. The van der Waals surface area contributed by atoms with E-state index in [1.165, 1.54) is 31.4 Å². The van der Waals surface area contributed by atoms with Crippen LogP contribution in [0.1, 0.15) is 11.1 Å². The summed E-state index contributed by atoms with van der Waals surface area (Å²) in [7, 11) is -2.89. The van der Waals surface area contributed by atoms with Crippen LogP contribution in [0.25, 0.3) is 0 Å². The number of carbonyl (C=O) groups excluding carboxylic acids is 1. The summed E-state index contributed by atoms with van der Waals surface area (Å²) in [4.78, 5) is 12.7. The van der Waals surface area contributed by atoms with Crippen LogP contribution in [0.4, 0.5) is 15.8 Å². The standard InChI is InChI=1S/C23H21Cl2FN2O4S/c1-14-4-9-21(32-3)22(10-14)33(30,31)28(17-7-5-15(2)18(24)12-17)13-23(29)27-16-6-8-20(26)19(25)11-16/h4-12H,13H2,1-3H3,(H,27,29). The molecule has 1 amide bonds. The van der Waals surface area contributed by atoms with E-state index in [9.17, 15) is 17.6 Å². The summed E-state index contributed by atoms with van der Waals surface area (Å²) in [6, 6.07) is 13.1. The number of sulfonamides is 1. The van der Waals surface area contributed by atoms with Gasteiger partial charge in [-0.2, -0.15) is 0 Å². The number of halogens is 3. The SMILES string of the molecule is COc1ccc(C)cc1S(=O)(=O)N(CC(=O)Nc1ccc(F)c(Cl)c1)c1ccc(C)c(Cl)c1. The molecule has 0 aliphatic rings. The molecule has 0 bridgehead atoms. The number of benzene rings is 3. The third kappa shape index (κ3) is 5.58. The van der Waals surface area contributed by atoms with Gasteiger partial charge in [0.2, 0.25) is 5.91 Å². The van der Waals surface area contributed by atoms with Gasteiger partial charge in [0, 0.05) is 10.7 Å². The molecule has 0 spiro atoms. The summed E-state index contributed by atoms with van der Waals surface area (Å²) in [5.74, 6) is -1.17. The van der Waals surface area contributed by atoms with Gasteiger partial charge in [0.1, 0.15) is 23.0 Å². The van der Waals surface area contributed by atoms with Gasteiger partial charge in [-0.1, -0.05) is 35.3 Å². The Morgan fingerprint density at radius 3 is 2.39 bits per heavy atom. The molecule has 1 N–H and O–H groups in total. The Morgan fingerprint density at radius 1 is 1.03 bits per heavy atom. The minimum atomic E-state index is -4.25. The number of anilines is 2. The molecular formula is C23H21Cl2FN2O4S. The van der Waals surface area contributed by atoms with Crippen molar-refractivity contribution in [1.82, 2.24) is 0 Å². The smallest absolute Gasteiger partial charge is 0.268 e. The normalized spacial score (nSPS) is 11.2. The van der Waals surface area contributed by atoms with Crippen molar-refractivity contribution in [2.45, 2.75) is 18.7 Å². The maximum atomic E-state index is 13.7. The number of ether oxygens (including phenoxy) is 1. The predicted molar refractivity (Wildman–Crippen MR) is 128 cm³/mol. The van der Waals surface area contributed by atoms with Crippen molar-refractivity contribution in [3.63, 3.8) is 0 Å². The molecule has 3 aromatic carbocycles. The van der Waals surface area contributed by atoms with Crippen LogP contribution in [0.15, 0.2) is 59.5 Å². The third-order valence-electron chi connectivity index (χ3n) is 4.82. The van der Waals surface area contributed by atoms with Gasteiger partial charge in [-0.15, -0.1) is 0 Å². The van der Waals surface area contributed by atoms with Gasteiger partial charge in [0.25, 0.3) is 10.0 Å². The van der Waals surface area contributed by atoms with Crippen LogP contribution in [-0.4, -0.2) is 28.0 Å². The quantitative estimate of drug-likeness (QED) is 0.449. The first-order chi connectivity index (χ1) is 15.5. The zero-order chi connectivity index (χ0) is 24.3. The van der Waals surface area contributed by atoms with Crippen molar-refractivity contribution >= 4 is 50.5 Å². The Balaban J connectivity index is 2.04. The van der Waals surface area contributed by atoms with E-state index in [1.807, 2.05) is 0 Å². The van der Waals surface area contributed by atoms with Gasteiger partial charge in [-0.25, -0.2) is 12.8 Å². The van der Waals surface area contributed by atoms with Crippen LogP contribution < -0.4 is 14.4 Å². The van der Waals surface area contributed by atoms with E-state index in [4.69, 9.17) is 27.9 Å². The summed E-state index contributed by atoms with van der Waals surface area (Å²) in [6.07, 6.45) is 0. The lowest BCUT2D eigenvalue weighted by Crippen LogP contribution is -2.38. The molecule has 0 saturated carbocycles. The fourth-order valence-corrected chi connectivity index (χ4v) is 5.07. The third-order valence-corrected chi connectivity index (χ3v) is 7.31. The molecule has 0 aromatic heterocycles. The molecule has 0 fully saturated rings. The number of nitrogens with zero attached hydrogens (tertiary/aromatic N) is 1. The zero-order valence-electron chi connectivity index (χ0n) is 18.0. The molecule has 0 heterocycles. The highest BCUT2D eigenvalue weighted by Crippen LogP contribution is 2.32. The summed E-state index contributed by atoms with van der Waals surface area (Å²) < 4.78 is 47.0. The molecule has 0 radical (unpaired) electrons. The Kier molecular flexibility index (Phi) is 7.51. The molecule has 6 nitrogen and oxygen atoms in total. The van der Waals surface area contributed by atoms with Crippen molar-refractivity contribution in [1.29, 1.82) is 0 Å². The molecule has 0 aliphatic heterocycles. The molecule has 0 unspecified atom stereocenters. The lowest BCUT2D eigenvalue weighted by Gasteiger charge is -2.25. The summed E-state index contributed by atoms with van der Waals surface area (Å²) in [5.41, 5.74) is 1.86. The topological polar surface area (TPSA) is 75.7 Å². The van der Waals surface area contributed by atoms with E-state index in [-0.39, 0.29) is 27.0 Å². The van der Waals surface area contributed by atoms with E-state index in [2.05, 4.69) is 5.32 Å². The summed E-state index contributed by atoms with van der Waals surface area (Å²) >= 11 is 12.0. The van der Waals surface area contributed by atoms with Gasteiger partial charge < -0.3 is 10.1 Å². The maximum absolute atomic E-state index is 13.7. The summed E-state index contributed by atoms with van der Waals surface area (Å²) in [6.45, 7) is 2.95. The fourth-order valence-electron chi connectivity index (χ4n) is 3.06. The van der Waals surface area contributed by atoms with Gasteiger partial charge in [-0.05, 0) is 67.4 Å². The first kappa shape index (κ1) is 24.8. The number of nitrogens with one attached hydrogen (secondary N) is 1. The summed E-state index contributed by atoms with van der Waals surface area (Å²) in [5, 5.41) is 2.71. The maximum Gasteiger partial charge on any atom is 0.268 e. The van der Waals surface area contributed by atoms with Gasteiger partial charge >= 0.3 is 0 Å². The first-order valence-electron chi connectivity index (χ1n) is 9.71. The Labute approximate surface area is 201 Å². The lowest BCUT2D eigenvalue weighted by atomic mass is 10.2. The van der Waals surface area contributed by atoms with E-state index in [0.29, 0.717) is 10.6 Å². The Bertz CT molecular complexity index is 1320. The van der Waals surface area contributed by atoms with E-state index in [1.54, 1.807) is 38.1 Å². The number of hydrogen-bond donors (Lipinski definition) is 1. The van der Waals surface area contributed by atoms with Crippen molar-refractivity contribution in [3.05, 3.63) is 81.6 Å². The average Bonchev–Trinajstić information content (AvgIpc) is 2.76. The van der Waals surface area contributed by atoms with Crippen molar-refractivity contribution < 1.29 is 22.3 Å². The molecule has 33 heavy (non-hydrogen) atoms. The molecule has 0 atom stereocenters. The minimum absolute atomic E-state index is 0.0978. The monoisotopic (exact) mass is 510 g/mol. The fraction of sp³-hybridized carbons (Fsp3) is 0.174.